The maximum Gasteiger partial charge on any atom is 0.423 e. The Morgan fingerprint density at radius 3 is 2.38 bits per heavy atom. The lowest BCUT2D eigenvalue weighted by molar-refractivity contribution is 0.104. The molecule has 1 amide bonds. The predicted molar refractivity (Wildman–Crippen MR) is 58.4 cm³/mol. The molecule has 0 spiro atoms. The minimum Gasteiger partial charge on any atom is -0.448 e. The van der Waals surface area contributed by atoms with Crippen molar-refractivity contribution in [1.82, 2.24) is 10.4 Å². The van der Waals surface area contributed by atoms with E-state index < -0.39 is 10.0 Å². The van der Waals surface area contributed by atoms with Gasteiger partial charge in [-0.15, -0.1) is 0 Å². The molecule has 13 heavy (non-hydrogen) atoms. The number of nitrogens with one attached hydrogen (secondary N) is 1. The number of rotatable bonds is 4. The lowest BCUT2D eigenvalue weighted by Crippen LogP contribution is -2.37. The third kappa shape index (κ3) is 6.72. The van der Waals surface area contributed by atoms with Crippen LogP contribution in [0.5, 0.6) is 0 Å². The molecule has 1 N–H and O–H groups in total. The normalized spacial score (nSPS) is 12.4. The Balaban J connectivity index is 3.60. The van der Waals surface area contributed by atoms with Gasteiger partial charge in [0, 0.05) is 19.8 Å². The molecule has 0 aliphatic heterocycles. The van der Waals surface area contributed by atoms with Gasteiger partial charge >= 0.3 is 6.09 Å². The molecule has 0 aromatic heterocycles. The first-order valence-electron chi connectivity index (χ1n) is 4.10. The van der Waals surface area contributed by atoms with E-state index in [1.165, 1.54) is 5.01 Å². The number of nitrogens with zero attached hydrogens (tertiary/aromatic N) is 1. The number of hydrogen-bond acceptors (Lipinski definition) is 3. The monoisotopic (exact) mass is 208 g/mol. The summed E-state index contributed by atoms with van der Waals surface area (Å²) in [5.74, 6) is 0.955. The smallest absolute Gasteiger partial charge is 0.423 e. The maximum absolute atomic E-state index is 11.1. The van der Waals surface area contributed by atoms with Crippen molar-refractivity contribution in [3.05, 3.63) is 0 Å². The fraction of sp³-hybridized carbons (Fsp3) is 0.875. The van der Waals surface area contributed by atoms with Gasteiger partial charge in [0.1, 0.15) is 6.61 Å². The highest BCUT2D eigenvalue weighted by Gasteiger charge is 2.09. The predicted octanol–water partition coefficient (Wildman–Crippen LogP) is 0.883. The third-order valence-electron chi connectivity index (χ3n) is 1.53. The van der Waals surface area contributed by atoms with Gasteiger partial charge in [-0.1, -0.05) is 0 Å². The van der Waals surface area contributed by atoms with Gasteiger partial charge in [-0.3, -0.25) is 0 Å². The second kappa shape index (κ2) is 5.34. The van der Waals surface area contributed by atoms with Crippen LogP contribution < -0.4 is 5.43 Å². The van der Waals surface area contributed by atoms with E-state index >= 15 is 0 Å². The second-order valence-corrected chi connectivity index (χ2v) is 8.28. The van der Waals surface area contributed by atoms with E-state index in [2.05, 4.69) is 24.2 Å². The number of carbonyl (C=O) groups is 1. The Morgan fingerprint density at radius 1 is 1.46 bits per heavy atom. The number of amides is 1. The molecule has 0 atom stereocenters. The van der Waals surface area contributed by atoms with Crippen LogP contribution in [0.25, 0.3) is 0 Å². The van der Waals surface area contributed by atoms with Crippen molar-refractivity contribution in [3.8, 4) is 0 Å². The summed E-state index contributed by atoms with van der Waals surface area (Å²) < 4.78 is 5.02. The van der Waals surface area contributed by atoms with Crippen molar-refractivity contribution in [1.29, 1.82) is 0 Å². The van der Waals surface area contributed by atoms with Crippen LogP contribution in [-0.2, 0) is 4.74 Å². The molecule has 4 nitrogen and oxygen atoms in total. The van der Waals surface area contributed by atoms with Gasteiger partial charge in [-0.25, -0.2) is 25.3 Å². The molecular weight excluding hydrogens is 188 g/mol. The highest BCUT2D eigenvalue weighted by molar-refractivity contribution is 8.32. The van der Waals surface area contributed by atoms with E-state index in [0.29, 0.717) is 6.61 Å². The number of hydrazine groups is 1. The van der Waals surface area contributed by atoms with Gasteiger partial charge < -0.3 is 4.74 Å². The zero-order valence-corrected chi connectivity index (χ0v) is 9.90. The first-order chi connectivity index (χ1) is 5.87. The maximum atomic E-state index is 11.1. The zero-order chi connectivity index (χ0) is 10.5. The Hall–Kier alpha value is -0.420. The molecule has 0 heterocycles. The van der Waals surface area contributed by atoms with E-state index in [4.69, 9.17) is 4.74 Å². The van der Waals surface area contributed by atoms with Crippen LogP contribution in [0, 0.1) is 0 Å². The summed E-state index contributed by atoms with van der Waals surface area (Å²) in [5.41, 5.74) is 2.68. The molecule has 80 valence electrons. The van der Waals surface area contributed by atoms with Crippen LogP contribution in [0.15, 0.2) is 0 Å². The largest absolute Gasteiger partial charge is 0.448 e. The Labute approximate surface area is 81.9 Å². The van der Waals surface area contributed by atoms with Gasteiger partial charge in [0.25, 0.3) is 0 Å². The van der Waals surface area contributed by atoms with Gasteiger partial charge in [0.15, 0.2) is 0 Å². The number of carbonyl (C=O) groups excluding carboxylic acids is 1. The molecular formula is C8H20N2O2S. The van der Waals surface area contributed by atoms with E-state index in [-0.39, 0.29) is 6.09 Å². The average Bonchev–Trinajstić information content (AvgIpc) is 2.00. The van der Waals surface area contributed by atoms with Crippen LogP contribution in [0.1, 0.15) is 0 Å². The quantitative estimate of drug-likeness (QED) is 0.697. The summed E-state index contributed by atoms with van der Waals surface area (Å²) in [6, 6.07) is 0. The zero-order valence-electron chi connectivity index (χ0n) is 9.09. The highest BCUT2D eigenvalue weighted by atomic mass is 32.3. The first kappa shape index (κ1) is 12.6. The van der Waals surface area contributed by atoms with E-state index in [9.17, 15) is 4.79 Å². The van der Waals surface area contributed by atoms with Crippen molar-refractivity contribution in [2.75, 3.05) is 45.2 Å². The van der Waals surface area contributed by atoms with Crippen molar-refractivity contribution in [3.63, 3.8) is 0 Å². The highest BCUT2D eigenvalue weighted by Crippen LogP contribution is 2.33. The standard InChI is InChI=1S/C8H20N2O2S/c1-9-10(2)8(11)12-6-7-13(3,4)5/h9H,6-7H2,1-5H3. The summed E-state index contributed by atoms with van der Waals surface area (Å²) in [6.45, 7) is 0.504. The molecule has 0 saturated carbocycles. The summed E-state index contributed by atoms with van der Waals surface area (Å²) in [4.78, 5) is 11.1. The summed E-state index contributed by atoms with van der Waals surface area (Å²) in [6.07, 6.45) is 6.26. The fourth-order valence-corrected chi connectivity index (χ4v) is 1.15. The summed E-state index contributed by atoms with van der Waals surface area (Å²) in [7, 11) is 2.74. The molecule has 0 bridgehead atoms. The Bertz CT molecular complexity index is 168. The minimum atomic E-state index is -0.568. The van der Waals surface area contributed by atoms with Crippen LogP contribution in [0.3, 0.4) is 0 Å². The van der Waals surface area contributed by atoms with Crippen molar-refractivity contribution in [2.45, 2.75) is 0 Å². The topological polar surface area (TPSA) is 41.6 Å². The Morgan fingerprint density at radius 2 is 2.00 bits per heavy atom. The van der Waals surface area contributed by atoms with Crippen molar-refractivity contribution >= 4 is 16.1 Å². The third-order valence-corrected chi connectivity index (χ3v) is 2.92. The van der Waals surface area contributed by atoms with E-state index in [0.717, 1.165) is 5.75 Å². The molecule has 0 aromatic rings. The van der Waals surface area contributed by atoms with Gasteiger partial charge in [-0.2, -0.15) is 0 Å². The van der Waals surface area contributed by atoms with E-state index in [1.807, 2.05) is 0 Å². The molecule has 0 aliphatic carbocycles. The molecule has 0 rings (SSSR count). The van der Waals surface area contributed by atoms with Crippen LogP contribution >= 0.6 is 10.0 Å². The van der Waals surface area contributed by atoms with Crippen molar-refractivity contribution in [2.24, 2.45) is 0 Å². The van der Waals surface area contributed by atoms with Gasteiger partial charge in [-0.05, 0) is 18.8 Å². The molecule has 0 aliphatic rings. The van der Waals surface area contributed by atoms with Gasteiger partial charge in [0.2, 0.25) is 0 Å². The number of hydrogen-bond donors (Lipinski definition) is 1. The molecule has 0 unspecified atom stereocenters. The lowest BCUT2D eigenvalue weighted by atomic mass is 10.8. The molecule has 0 radical (unpaired) electrons. The second-order valence-electron chi connectivity index (χ2n) is 3.69. The number of ether oxygens (including phenoxy) is 1. The van der Waals surface area contributed by atoms with Crippen LogP contribution in [0.2, 0.25) is 0 Å². The van der Waals surface area contributed by atoms with Crippen LogP contribution in [-0.4, -0.2) is 56.3 Å². The van der Waals surface area contributed by atoms with Crippen LogP contribution in [0.4, 0.5) is 4.79 Å². The van der Waals surface area contributed by atoms with Crippen molar-refractivity contribution < 1.29 is 9.53 Å². The fourth-order valence-electron chi connectivity index (χ4n) is 0.567. The SMILES string of the molecule is CNN(C)C(=O)OCCS(C)(C)C. The Kier molecular flexibility index (Phi) is 5.17. The molecule has 5 heteroatoms. The first-order valence-corrected chi connectivity index (χ1v) is 7.13. The lowest BCUT2D eigenvalue weighted by Gasteiger charge is -2.25. The molecule has 0 aromatic carbocycles. The van der Waals surface area contributed by atoms with E-state index in [1.54, 1.807) is 14.1 Å². The molecule has 0 saturated heterocycles. The summed E-state index contributed by atoms with van der Waals surface area (Å²) in [5, 5.41) is 1.32. The summed E-state index contributed by atoms with van der Waals surface area (Å²) >= 11 is 0. The minimum absolute atomic E-state index is 0.328. The van der Waals surface area contributed by atoms with Gasteiger partial charge in [0.05, 0.1) is 0 Å². The average molecular weight is 208 g/mol. The molecule has 0 fully saturated rings.